The molecule has 1 N–H and O–H groups in total. The topological polar surface area (TPSA) is 64.2 Å². The molecule has 2 rings (SSSR count). The zero-order valence-electron chi connectivity index (χ0n) is 10.3. The number of aromatic amines is 1. The molecule has 1 aromatic carbocycles. The average Bonchev–Trinajstić information content (AvgIpc) is 2.84. The van der Waals surface area contributed by atoms with Crippen LogP contribution in [0.25, 0.3) is 11.4 Å². The highest BCUT2D eigenvalue weighted by molar-refractivity contribution is 5.90. The summed E-state index contributed by atoms with van der Waals surface area (Å²) in [6, 6.07) is 9.50. The summed E-state index contributed by atoms with van der Waals surface area (Å²) >= 11 is 0. The van der Waals surface area contributed by atoms with Gasteiger partial charge in [-0.1, -0.05) is 30.3 Å². The number of imidazole rings is 1. The lowest BCUT2D eigenvalue weighted by atomic mass is 10.2. The minimum Gasteiger partial charge on any atom is -0.479 e. The summed E-state index contributed by atoms with van der Waals surface area (Å²) in [5.41, 5.74) is 1.12. The quantitative estimate of drug-likeness (QED) is 0.840. The van der Waals surface area contributed by atoms with Crippen LogP contribution in [0.2, 0.25) is 0 Å². The van der Waals surface area contributed by atoms with Crippen LogP contribution in [0.15, 0.2) is 30.3 Å². The van der Waals surface area contributed by atoms with E-state index in [-0.39, 0.29) is 11.6 Å². The molecule has 0 saturated carbocycles. The third-order valence-electron chi connectivity index (χ3n) is 2.39. The highest BCUT2D eigenvalue weighted by atomic mass is 16.5. The van der Waals surface area contributed by atoms with E-state index in [2.05, 4.69) is 9.97 Å². The molecule has 0 aliphatic rings. The molecule has 0 spiro atoms. The van der Waals surface area contributed by atoms with Gasteiger partial charge in [-0.15, -0.1) is 0 Å². The number of hydrogen-bond acceptors (Lipinski definition) is 4. The summed E-state index contributed by atoms with van der Waals surface area (Å²) < 4.78 is 10.0. The van der Waals surface area contributed by atoms with Crippen LogP contribution < -0.4 is 4.74 Å². The van der Waals surface area contributed by atoms with E-state index >= 15 is 0 Å². The number of esters is 1. The van der Waals surface area contributed by atoms with Crippen molar-refractivity contribution in [1.82, 2.24) is 9.97 Å². The van der Waals surface area contributed by atoms with Crippen molar-refractivity contribution < 1.29 is 14.3 Å². The zero-order chi connectivity index (χ0) is 13.0. The molecule has 0 unspecified atom stereocenters. The van der Waals surface area contributed by atoms with Crippen LogP contribution in [0.3, 0.4) is 0 Å². The molecule has 1 heterocycles. The maximum absolute atomic E-state index is 11.7. The molecule has 0 aliphatic carbocycles. The number of benzene rings is 1. The molecule has 0 aliphatic heterocycles. The first-order valence-corrected chi connectivity index (χ1v) is 5.62. The minimum absolute atomic E-state index is 0.234. The van der Waals surface area contributed by atoms with Crippen LogP contribution in [-0.4, -0.2) is 29.7 Å². The van der Waals surface area contributed by atoms with E-state index in [0.29, 0.717) is 12.4 Å². The molecule has 0 amide bonds. The monoisotopic (exact) mass is 246 g/mol. The molecule has 2 aromatic rings. The summed E-state index contributed by atoms with van der Waals surface area (Å²) in [5, 5.41) is 0. The molecule has 5 heteroatoms. The van der Waals surface area contributed by atoms with Crippen molar-refractivity contribution in [2.24, 2.45) is 0 Å². The van der Waals surface area contributed by atoms with Gasteiger partial charge in [0, 0.05) is 5.56 Å². The lowest BCUT2D eigenvalue weighted by Gasteiger charge is -2.00. The Balaban J connectivity index is 2.38. The van der Waals surface area contributed by atoms with Crippen LogP contribution >= 0.6 is 0 Å². The summed E-state index contributed by atoms with van der Waals surface area (Å²) in [4.78, 5) is 18.8. The number of rotatable bonds is 4. The van der Waals surface area contributed by atoms with Gasteiger partial charge in [0.15, 0.2) is 5.69 Å². The molecule has 5 nitrogen and oxygen atoms in total. The zero-order valence-corrected chi connectivity index (χ0v) is 10.3. The third-order valence-corrected chi connectivity index (χ3v) is 2.39. The number of nitrogens with one attached hydrogen (secondary N) is 1. The number of hydrogen-bond donors (Lipinski definition) is 1. The van der Waals surface area contributed by atoms with Gasteiger partial charge < -0.3 is 14.5 Å². The Morgan fingerprint density at radius 3 is 2.67 bits per heavy atom. The second kappa shape index (κ2) is 5.35. The summed E-state index contributed by atoms with van der Waals surface area (Å²) in [6.07, 6.45) is 0. The molecule has 0 bridgehead atoms. The first kappa shape index (κ1) is 12.2. The Morgan fingerprint density at radius 2 is 2.06 bits per heavy atom. The number of ether oxygens (including phenoxy) is 2. The van der Waals surface area contributed by atoms with Gasteiger partial charge in [-0.05, 0) is 6.92 Å². The predicted octanol–water partition coefficient (Wildman–Crippen LogP) is 2.26. The van der Waals surface area contributed by atoms with Crippen molar-refractivity contribution in [3.05, 3.63) is 36.0 Å². The molecular formula is C13H14N2O3. The minimum atomic E-state index is -0.468. The number of H-pyrrole nitrogens is 1. The van der Waals surface area contributed by atoms with Crippen LogP contribution in [0, 0.1) is 0 Å². The fourth-order valence-electron chi connectivity index (χ4n) is 1.58. The van der Waals surface area contributed by atoms with Gasteiger partial charge in [0.25, 0.3) is 0 Å². The van der Waals surface area contributed by atoms with Crippen molar-refractivity contribution >= 4 is 5.97 Å². The maximum Gasteiger partial charge on any atom is 0.360 e. The summed E-state index contributed by atoms with van der Waals surface area (Å²) in [5.74, 6) is 0.354. The van der Waals surface area contributed by atoms with Crippen LogP contribution in [0.5, 0.6) is 5.88 Å². The SMILES string of the molecule is CCOC(=O)c1[nH]c(-c2ccccc2)nc1OC. The predicted molar refractivity (Wildman–Crippen MR) is 66.5 cm³/mol. The Bertz CT molecular complexity index is 534. The Labute approximate surface area is 105 Å². The van der Waals surface area contributed by atoms with Gasteiger partial charge in [-0.2, -0.15) is 4.98 Å². The van der Waals surface area contributed by atoms with Gasteiger partial charge in [0.1, 0.15) is 5.82 Å². The van der Waals surface area contributed by atoms with Crippen molar-refractivity contribution in [1.29, 1.82) is 0 Å². The van der Waals surface area contributed by atoms with E-state index in [0.717, 1.165) is 5.56 Å². The van der Waals surface area contributed by atoms with E-state index in [4.69, 9.17) is 9.47 Å². The van der Waals surface area contributed by atoms with Crippen LogP contribution in [-0.2, 0) is 4.74 Å². The fraction of sp³-hybridized carbons (Fsp3) is 0.231. The normalized spacial score (nSPS) is 10.1. The Kier molecular flexibility index (Phi) is 3.62. The number of carbonyl (C=O) groups excluding carboxylic acids is 1. The van der Waals surface area contributed by atoms with Crippen molar-refractivity contribution in [3.63, 3.8) is 0 Å². The van der Waals surface area contributed by atoms with Gasteiger partial charge in [0.2, 0.25) is 5.88 Å². The van der Waals surface area contributed by atoms with E-state index in [1.165, 1.54) is 7.11 Å². The van der Waals surface area contributed by atoms with Gasteiger partial charge >= 0.3 is 5.97 Å². The highest BCUT2D eigenvalue weighted by Crippen LogP contribution is 2.23. The first-order chi connectivity index (χ1) is 8.76. The average molecular weight is 246 g/mol. The lowest BCUT2D eigenvalue weighted by Crippen LogP contribution is -2.06. The lowest BCUT2D eigenvalue weighted by molar-refractivity contribution is 0.0516. The first-order valence-electron chi connectivity index (χ1n) is 5.62. The van der Waals surface area contributed by atoms with Gasteiger partial charge in [-0.3, -0.25) is 0 Å². The fourth-order valence-corrected chi connectivity index (χ4v) is 1.58. The molecule has 0 atom stereocenters. The molecular weight excluding hydrogens is 232 g/mol. The molecule has 94 valence electrons. The maximum atomic E-state index is 11.7. The second-order valence-electron chi connectivity index (χ2n) is 3.56. The molecule has 0 fully saturated rings. The highest BCUT2D eigenvalue weighted by Gasteiger charge is 2.19. The standard InChI is InChI=1S/C13H14N2O3/c1-3-18-13(16)10-12(17-2)15-11(14-10)9-7-5-4-6-8-9/h4-8H,3H2,1-2H3,(H,14,15). The van der Waals surface area contributed by atoms with Crippen molar-refractivity contribution in [2.45, 2.75) is 6.92 Å². The third kappa shape index (κ3) is 2.34. The largest absolute Gasteiger partial charge is 0.479 e. The smallest absolute Gasteiger partial charge is 0.360 e. The Hall–Kier alpha value is -2.30. The van der Waals surface area contributed by atoms with Gasteiger partial charge in [0.05, 0.1) is 13.7 Å². The number of carbonyl (C=O) groups is 1. The number of methoxy groups -OCH3 is 1. The molecule has 1 aromatic heterocycles. The van der Waals surface area contributed by atoms with Gasteiger partial charge in [-0.25, -0.2) is 4.79 Å². The van der Waals surface area contributed by atoms with Crippen LogP contribution in [0.4, 0.5) is 0 Å². The molecule has 0 radical (unpaired) electrons. The molecule has 18 heavy (non-hydrogen) atoms. The van der Waals surface area contributed by atoms with E-state index in [1.807, 2.05) is 30.3 Å². The van der Waals surface area contributed by atoms with Crippen molar-refractivity contribution in [3.8, 4) is 17.3 Å². The Morgan fingerprint density at radius 1 is 1.33 bits per heavy atom. The number of aromatic nitrogens is 2. The second-order valence-corrected chi connectivity index (χ2v) is 3.56. The van der Waals surface area contributed by atoms with Crippen LogP contribution in [0.1, 0.15) is 17.4 Å². The van der Waals surface area contributed by atoms with Crippen molar-refractivity contribution in [2.75, 3.05) is 13.7 Å². The summed E-state index contributed by atoms with van der Waals surface area (Å²) in [6.45, 7) is 2.06. The number of nitrogens with zero attached hydrogens (tertiary/aromatic N) is 1. The van der Waals surface area contributed by atoms with E-state index in [9.17, 15) is 4.79 Å². The van der Waals surface area contributed by atoms with E-state index < -0.39 is 5.97 Å². The molecule has 0 saturated heterocycles. The summed E-state index contributed by atoms with van der Waals surface area (Å²) in [7, 11) is 1.47. The van der Waals surface area contributed by atoms with E-state index in [1.54, 1.807) is 6.92 Å².